The highest BCUT2D eigenvalue weighted by atomic mass is 16.6. The quantitative estimate of drug-likeness (QED) is 0.772. The first-order chi connectivity index (χ1) is 10.2. The number of carbonyl (C=O) groups excluding carboxylic acids is 1. The van der Waals surface area contributed by atoms with E-state index in [1.165, 1.54) is 0 Å². The lowest BCUT2D eigenvalue weighted by atomic mass is 9.86. The Labute approximate surface area is 124 Å². The number of carbonyl (C=O) groups is 1. The van der Waals surface area contributed by atoms with Gasteiger partial charge in [0.25, 0.3) is 0 Å². The first-order valence-electron chi connectivity index (χ1n) is 7.77. The second-order valence-electron chi connectivity index (χ2n) is 6.16. The van der Waals surface area contributed by atoms with Crippen molar-refractivity contribution >= 4 is 5.97 Å². The smallest absolute Gasteiger partial charge is 0.341 e. The van der Waals surface area contributed by atoms with E-state index in [4.69, 9.17) is 14.5 Å². The molecule has 0 aromatic carbocycles. The zero-order valence-electron chi connectivity index (χ0n) is 12.3. The summed E-state index contributed by atoms with van der Waals surface area (Å²) in [7, 11) is 0. The maximum atomic E-state index is 12.1. The number of hydrogen-bond donors (Lipinski definition) is 0. The molecule has 5 nitrogen and oxygen atoms in total. The summed E-state index contributed by atoms with van der Waals surface area (Å²) >= 11 is 0. The fourth-order valence-electron chi connectivity index (χ4n) is 3.51. The lowest BCUT2D eigenvalue weighted by molar-refractivity contribution is -0.102. The molecule has 3 aliphatic rings. The van der Waals surface area contributed by atoms with Gasteiger partial charge in [0.2, 0.25) is 0 Å². The zero-order chi connectivity index (χ0) is 14.4. The van der Waals surface area contributed by atoms with Crippen LogP contribution < -0.4 is 0 Å². The maximum absolute atomic E-state index is 12.1. The summed E-state index contributed by atoms with van der Waals surface area (Å²) in [6.45, 7) is 5.64. The molecule has 2 fully saturated rings. The van der Waals surface area contributed by atoms with Crippen molar-refractivity contribution in [1.29, 1.82) is 0 Å². The standard InChI is InChI=1S/C16H20N2O3/c1-2-11-3-4-13-14(17-11)16(21-15(13)19)5-7-18(8-6-16)12-9-20-10-12/h3-4,12H,2,5-10H2,1H3. The second-order valence-corrected chi connectivity index (χ2v) is 6.16. The van der Waals surface area contributed by atoms with Gasteiger partial charge in [0.1, 0.15) is 0 Å². The molecule has 0 saturated carbocycles. The largest absolute Gasteiger partial charge is 0.449 e. The maximum Gasteiger partial charge on any atom is 0.341 e. The number of esters is 1. The van der Waals surface area contributed by atoms with Gasteiger partial charge < -0.3 is 9.47 Å². The highest BCUT2D eigenvalue weighted by Gasteiger charge is 2.49. The molecular formula is C16H20N2O3. The third kappa shape index (κ3) is 1.99. The molecule has 1 aromatic heterocycles. The Morgan fingerprint density at radius 1 is 1.33 bits per heavy atom. The van der Waals surface area contributed by atoms with E-state index in [9.17, 15) is 4.79 Å². The van der Waals surface area contributed by atoms with Gasteiger partial charge in [0.15, 0.2) is 5.60 Å². The van der Waals surface area contributed by atoms with Crippen molar-refractivity contribution in [3.63, 3.8) is 0 Å². The Hall–Kier alpha value is -1.46. The number of rotatable bonds is 2. The minimum atomic E-state index is -0.487. The number of aryl methyl sites for hydroxylation is 1. The number of hydrogen-bond acceptors (Lipinski definition) is 5. The number of likely N-dealkylation sites (tertiary alicyclic amines) is 1. The average molecular weight is 288 g/mol. The number of aromatic nitrogens is 1. The number of nitrogens with zero attached hydrogens (tertiary/aromatic N) is 2. The van der Waals surface area contributed by atoms with Crippen molar-refractivity contribution in [2.75, 3.05) is 26.3 Å². The minimum Gasteiger partial charge on any atom is -0.449 e. The average Bonchev–Trinajstić information content (AvgIpc) is 2.72. The fraction of sp³-hybridized carbons (Fsp3) is 0.625. The van der Waals surface area contributed by atoms with E-state index in [2.05, 4.69) is 11.8 Å². The normalized spacial score (nSPS) is 24.7. The molecule has 21 heavy (non-hydrogen) atoms. The molecule has 5 heteroatoms. The van der Waals surface area contributed by atoms with Crippen LogP contribution in [0.2, 0.25) is 0 Å². The SMILES string of the molecule is CCc1ccc2c(n1)C1(CCN(C3COC3)CC1)OC2=O. The van der Waals surface area contributed by atoms with E-state index in [-0.39, 0.29) is 5.97 Å². The highest BCUT2D eigenvalue weighted by Crippen LogP contribution is 2.43. The summed E-state index contributed by atoms with van der Waals surface area (Å²) in [6, 6.07) is 4.36. The molecular weight excluding hydrogens is 268 g/mol. The summed E-state index contributed by atoms with van der Waals surface area (Å²) in [5, 5.41) is 0. The zero-order valence-corrected chi connectivity index (χ0v) is 12.3. The van der Waals surface area contributed by atoms with Crippen molar-refractivity contribution in [3.05, 3.63) is 29.1 Å². The van der Waals surface area contributed by atoms with Gasteiger partial charge >= 0.3 is 5.97 Å². The van der Waals surface area contributed by atoms with Gasteiger partial charge in [-0.25, -0.2) is 4.79 Å². The van der Waals surface area contributed by atoms with Crippen LogP contribution in [0.15, 0.2) is 12.1 Å². The summed E-state index contributed by atoms with van der Waals surface area (Å²) in [4.78, 5) is 19.3. The van der Waals surface area contributed by atoms with Crippen molar-refractivity contribution in [1.82, 2.24) is 9.88 Å². The second kappa shape index (κ2) is 4.78. The summed E-state index contributed by atoms with van der Waals surface area (Å²) in [5.74, 6) is -0.208. The van der Waals surface area contributed by atoms with Gasteiger partial charge in [-0.05, 0) is 18.6 Å². The Morgan fingerprint density at radius 2 is 2.10 bits per heavy atom. The van der Waals surface area contributed by atoms with Crippen LogP contribution in [0.5, 0.6) is 0 Å². The first-order valence-corrected chi connectivity index (χ1v) is 7.77. The van der Waals surface area contributed by atoms with Gasteiger partial charge in [0, 0.05) is 31.6 Å². The van der Waals surface area contributed by atoms with Crippen LogP contribution in [-0.2, 0) is 21.5 Å². The lowest BCUT2D eigenvalue weighted by Crippen LogP contribution is -2.54. The predicted molar refractivity (Wildman–Crippen MR) is 76.1 cm³/mol. The van der Waals surface area contributed by atoms with Crippen LogP contribution in [0.25, 0.3) is 0 Å². The lowest BCUT2D eigenvalue weighted by Gasteiger charge is -2.44. The van der Waals surface area contributed by atoms with Crippen LogP contribution in [0, 0.1) is 0 Å². The van der Waals surface area contributed by atoms with Gasteiger partial charge in [-0.3, -0.25) is 9.88 Å². The van der Waals surface area contributed by atoms with E-state index in [1.807, 2.05) is 12.1 Å². The van der Waals surface area contributed by atoms with E-state index < -0.39 is 5.60 Å². The van der Waals surface area contributed by atoms with Gasteiger partial charge in [-0.2, -0.15) is 0 Å². The third-order valence-corrected chi connectivity index (χ3v) is 5.00. The van der Waals surface area contributed by atoms with Crippen LogP contribution in [0.3, 0.4) is 0 Å². The van der Waals surface area contributed by atoms with Crippen molar-refractivity contribution in [3.8, 4) is 0 Å². The topological polar surface area (TPSA) is 51.7 Å². The molecule has 0 bridgehead atoms. The van der Waals surface area contributed by atoms with E-state index in [0.717, 1.165) is 57.0 Å². The molecule has 4 rings (SSSR count). The van der Waals surface area contributed by atoms with Crippen LogP contribution in [-0.4, -0.2) is 48.2 Å². The number of piperidine rings is 1. The van der Waals surface area contributed by atoms with Crippen LogP contribution >= 0.6 is 0 Å². The first kappa shape index (κ1) is 13.2. The molecule has 4 heterocycles. The summed E-state index contributed by atoms with van der Waals surface area (Å²) in [5.41, 5.74) is 2.07. The Morgan fingerprint density at radius 3 is 2.71 bits per heavy atom. The molecule has 0 amide bonds. The predicted octanol–water partition coefficient (Wildman–Crippen LogP) is 1.50. The summed E-state index contributed by atoms with van der Waals surface area (Å²) in [6.07, 6.45) is 2.55. The highest BCUT2D eigenvalue weighted by molar-refractivity contribution is 5.94. The third-order valence-electron chi connectivity index (χ3n) is 5.00. The van der Waals surface area contributed by atoms with Gasteiger partial charge in [-0.1, -0.05) is 6.92 Å². The van der Waals surface area contributed by atoms with Gasteiger partial charge in [-0.15, -0.1) is 0 Å². The van der Waals surface area contributed by atoms with Crippen molar-refractivity contribution < 1.29 is 14.3 Å². The Kier molecular flexibility index (Phi) is 3.01. The monoisotopic (exact) mass is 288 g/mol. The fourth-order valence-corrected chi connectivity index (χ4v) is 3.51. The molecule has 112 valence electrons. The molecule has 3 aliphatic heterocycles. The molecule has 0 aliphatic carbocycles. The molecule has 0 radical (unpaired) electrons. The molecule has 1 aromatic rings. The van der Waals surface area contributed by atoms with Gasteiger partial charge in [0.05, 0.1) is 30.5 Å². The number of fused-ring (bicyclic) bond motifs is 2. The molecule has 0 unspecified atom stereocenters. The summed E-state index contributed by atoms with van der Waals surface area (Å²) < 4.78 is 11.0. The van der Waals surface area contributed by atoms with Crippen LogP contribution in [0.4, 0.5) is 0 Å². The number of pyridine rings is 1. The van der Waals surface area contributed by atoms with E-state index >= 15 is 0 Å². The van der Waals surface area contributed by atoms with Crippen molar-refractivity contribution in [2.45, 2.75) is 37.8 Å². The minimum absolute atomic E-state index is 0.208. The van der Waals surface area contributed by atoms with Crippen LogP contribution in [0.1, 0.15) is 41.5 Å². The van der Waals surface area contributed by atoms with E-state index in [0.29, 0.717) is 11.6 Å². The van der Waals surface area contributed by atoms with E-state index in [1.54, 1.807) is 0 Å². The Bertz CT molecular complexity index is 575. The molecule has 1 spiro atoms. The molecule has 2 saturated heterocycles. The molecule has 0 atom stereocenters. The van der Waals surface area contributed by atoms with Crippen molar-refractivity contribution in [2.24, 2.45) is 0 Å². The Balaban J connectivity index is 1.61. The number of ether oxygens (including phenoxy) is 2. The molecule has 0 N–H and O–H groups in total.